The summed E-state index contributed by atoms with van der Waals surface area (Å²) in [5.41, 5.74) is 1.14. The minimum Gasteiger partial charge on any atom is -0.502 e. The first kappa shape index (κ1) is 23.0. The number of aromatic hydroxyl groups is 1. The first-order valence-electron chi connectivity index (χ1n) is 11.7. The van der Waals surface area contributed by atoms with Crippen molar-refractivity contribution in [2.45, 2.75) is 37.8 Å². The van der Waals surface area contributed by atoms with Crippen molar-refractivity contribution in [2.75, 3.05) is 20.2 Å². The lowest BCUT2D eigenvalue weighted by Crippen LogP contribution is -2.46. The van der Waals surface area contributed by atoms with Crippen LogP contribution >= 0.6 is 0 Å². The van der Waals surface area contributed by atoms with E-state index in [0.717, 1.165) is 25.2 Å². The monoisotopic (exact) mass is 477 g/mol. The van der Waals surface area contributed by atoms with Crippen molar-refractivity contribution in [1.29, 1.82) is 0 Å². The average molecular weight is 478 g/mol. The van der Waals surface area contributed by atoms with Gasteiger partial charge in [0.05, 0.1) is 26.0 Å². The fourth-order valence-corrected chi connectivity index (χ4v) is 5.41. The highest BCUT2D eigenvalue weighted by atomic mass is 16.5. The summed E-state index contributed by atoms with van der Waals surface area (Å²) in [5.74, 6) is -0.746. The summed E-state index contributed by atoms with van der Waals surface area (Å²) in [6, 6.07) is 10.2. The molecule has 1 fully saturated rings. The Kier molecular flexibility index (Phi) is 6.25. The van der Waals surface area contributed by atoms with Gasteiger partial charge in [0.25, 0.3) is 5.56 Å². The van der Waals surface area contributed by atoms with Crippen LogP contribution in [0.25, 0.3) is 0 Å². The normalized spacial score (nSPS) is 20.1. The highest BCUT2D eigenvalue weighted by Gasteiger charge is 2.35. The summed E-state index contributed by atoms with van der Waals surface area (Å²) in [6.07, 6.45) is 4.09. The molecule has 35 heavy (non-hydrogen) atoms. The van der Waals surface area contributed by atoms with Gasteiger partial charge in [0.2, 0.25) is 11.2 Å². The van der Waals surface area contributed by atoms with Gasteiger partial charge in [0, 0.05) is 55.8 Å². The largest absolute Gasteiger partial charge is 0.502 e. The molecular formula is C26H27N3O6. The van der Waals surface area contributed by atoms with Gasteiger partial charge in [0.1, 0.15) is 5.76 Å². The molecule has 0 amide bonds. The SMILES string of the molecule is COC(=O)CC(c1cccnc1)c1oc(CN2CC3CC(C2)c2cccc(=O)n2C3)cc(=O)c1O. The number of esters is 1. The molecule has 0 spiro atoms. The molecule has 3 aromatic heterocycles. The topological polar surface area (TPSA) is 115 Å². The molecule has 9 heteroatoms. The third-order valence-electron chi connectivity index (χ3n) is 6.94. The maximum Gasteiger partial charge on any atom is 0.306 e. The van der Waals surface area contributed by atoms with E-state index in [4.69, 9.17) is 9.15 Å². The van der Waals surface area contributed by atoms with E-state index in [1.54, 1.807) is 36.7 Å². The quantitative estimate of drug-likeness (QED) is 0.538. The average Bonchev–Trinajstić information content (AvgIpc) is 2.86. The fraction of sp³-hybridized carbons (Fsp3) is 0.385. The number of hydrogen-bond acceptors (Lipinski definition) is 8. The molecule has 3 unspecified atom stereocenters. The Hall–Kier alpha value is -3.72. The molecular weight excluding hydrogens is 450 g/mol. The van der Waals surface area contributed by atoms with Crippen molar-refractivity contribution in [2.24, 2.45) is 5.92 Å². The highest BCUT2D eigenvalue weighted by Crippen LogP contribution is 2.36. The first-order valence-corrected chi connectivity index (χ1v) is 11.7. The number of rotatable bonds is 6. The number of nitrogens with zero attached hydrogens (tertiary/aromatic N) is 3. The lowest BCUT2D eigenvalue weighted by molar-refractivity contribution is -0.140. The second kappa shape index (κ2) is 9.50. The summed E-state index contributed by atoms with van der Waals surface area (Å²) in [6.45, 7) is 2.55. The molecule has 2 aliphatic rings. The second-order valence-electron chi connectivity index (χ2n) is 9.30. The molecule has 0 radical (unpaired) electrons. The van der Waals surface area contributed by atoms with Gasteiger partial charge in [-0.25, -0.2) is 0 Å². The molecule has 5 heterocycles. The second-order valence-corrected chi connectivity index (χ2v) is 9.30. The van der Waals surface area contributed by atoms with Crippen LogP contribution in [0.2, 0.25) is 0 Å². The van der Waals surface area contributed by atoms with Crippen LogP contribution < -0.4 is 11.0 Å². The van der Waals surface area contributed by atoms with Crippen LogP contribution in [0.4, 0.5) is 0 Å². The molecule has 182 valence electrons. The molecule has 1 N–H and O–H groups in total. The molecule has 2 aliphatic heterocycles. The number of fused-ring (bicyclic) bond motifs is 4. The van der Waals surface area contributed by atoms with E-state index < -0.39 is 23.1 Å². The fourth-order valence-electron chi connectivity index (χ4n) is 5.41. The van der Waals surface area contributed by atoms with Crippen LogP contribution in [0, 0.1) is 5.92 Å². The predicted molar refractivity (Wildman–Crippen MR) is 126 cm³/mol. The van der Waals surface area contributed by atoms with Gasteiger partial charge in [0.15, 0.2) is 5.76 Å². The summed E-state index contributed by atoms with van der Waals surface area (Å²) in [4.78, 5) is 43.4. The number of carbonyl (C=O) groups excluding carboxylic acids is 1. The molecule has 9 nitrogen and oxygen atoms in total. The van der Waals surface area contributed by atoms with E-state index in [0.29, 0.717) is 30.3 Å². The number of carbonyl (C=O) groups is 1. The standard InChI is InChI=1S/C26H27N3O6/c1-34-24(32)10-20(17-4-3-7-27-11-17)26-25(33)22(30)9-19(35-26)15-28-12-16-8-18(14-28)21-5-2-6-23(31)29(21)13-16/h2-7,9,11,16,18,20,33H,8,10,12-15H2,1H3. The Bertz CT molecular complexity index is 1350. The Balaban J connectivity index is 1.44. The van der Waals surface area contributed by atoms with E-state index in [9.17, 15) is 19.5 Å². The van der Waals surface area contributed by atoms with Crippen molar-refractivity contribution in [3.8, 4) is 5.75 Å². The van der Waals surface area contributed by atoms with Gasteiger partial charge in [-0.15, -0.1) is 0 Å². The van der Waals surface area contributed by atoms with Gasteiger partial charge in [-0.3, -0.25) is 24.3 Å². The van der Waals surface area contributed by atoms with Gasteiger partial charge in [-0.1, -0.05) is 12.1 Å². The van der Waals surface area contributed by atoms with E-state index in [1.807, 2.05) is 10.6 Å². The van der Waals surface area contributed by atoms with Crippen LogP contribution in [0.1, 0.15) is 47.5 Å². The van der Waals surface area contributed by atoms with Crippen molar-refractivity contribution in [3.05, 3.63) is 92.1 Å². The molecule has 0 aliphatic carbocycles. The van der Waals surface area contributed by atoms with Gasteiger partial charge >= 0.3 is 5.97 Å². The van der Waals surface area contributed by atoms with Crippen molar-refractivity contribution < 1.29 is 19.1 Å². The van der Waals surface area contributed by atoms with E-state index >= 15 is 0 Å². The number of methoxy groups -OCH3 is 1. The minimum absolute atomic E-state index is 0.0278. The predicted octanol–water partition coefficient (Wildman–Crippen LogP) is 2.22. The number of hydrogen-bond donors (Lipinski definition) is 1. The smallest absolute Gasteiger partial charge is 0.306 e. The van der Waals surface area contributed by atoms with E-state index in [2.05, 4.69) is 9.88 Å². The lowest BCUT2D eigenvalue weighted by Gasteiger charge is -2.42. The molecule has 2 bridgehead atoms. The maximum atomic E-state index is 12.7. The van der Waals surface area contributed by atoms with Gasteiger partial charge in [-0.2, -0.15) is 0 Å². The van der Waals surface area contributed by atoms with Crippen LogP contribution in [-0.2, 0) is 22.6 Å². The molecule has 1 saturated heterocycles. The lowest BCUT2D eigenvalue weighted by atomic mass is 9.83. The number of aromatic nitrogens is 2. The van der Waals surface area contributed by atoms with Crippen molar-refractivity contribution >= 4 is 5.97 Å². The summed E-state index contributed by atoms with van der Waals surface area (Å²) in [5, 5.41) is 10.6. The van der Waals surface area contributed by atoms with Crippen LogP contribution in [-0.4, -0.2) is 45.7 Å². The maximum absolute atomic E-state index is 12.7. The van der Waals surface area contributed by atoms with Crippen LogP contribution in [0.3, 0.4) is 0 Å². The number of piperidine rings is 1. The summed E-state index contributed by atoms with van der Waals surface area (Å²) >= 11 is 0. The van der Waals surface area contributed by atoms with E-state index in [1.165, 1.54) is 13.2 Å². The third-order valence-corrected chi connectivity index (χ3v) is 6.94. The molecule has 3 atom stereocenters. The zero-order valence-electron chi connectivity index (χ0n) is 19.4. The zero-order chi connectivity index (χ0) is 24.5. The minimum atomic E-state index is -0.719. The van der Waals surface area contributed by atoms with Crippen LogP contribution in [0.5, 0.6) is 5.75 Å². The number of pyridine rings is 2. The molecule has 5 rings (SSSR count). The third kappa shape index (κ3) is 4.64. The molecule has 0 aromatic carbocycles. The summed E-state index contributed by atoms with van der Waals surface area (Å²) in [7, 11) is 1.29. The Labute approximate surface area is 201 Å². The van der Waals surface area contributed by atoms with Gasteiger partial charge in [-0.05, 0) is 30.0 Å². The Morgan fingerprint density at radius 2 is 2.09 bits per heavy atom. The van der Waals surface area contributed by atoms with E-state index in [-0.39, 0.29) is 23.7 Å². The zero-order valence-corrected chi connectivity index (χ0v) is 19.4. The molecule has 0 saturated carbocycles. The highest BCUT2D eigenvalue weighted by molar-refractivity contribution is 5.71. The number of ether oxygens (including phenoxy) is 1. The molecule has 3 aromatic rings. The first-order chi connectivity index (χ1) is 16.9. The van der Waals surface area contributed by atoms with Crippen molar-refractivity contribution in [3.63, 3.8) is 0 Å². The van der Waals surface area contributed by atoms with Crippen LogP contribution in [0.15, 0.2) is 62.8 Å². The van der Waals surface area contributed by atoms with Crippen molar-refractivity contribution in [1.82, 2.24) is 14.5 Å². The number of likely N-dealkylation sites (tertiary alicyclic amines) is 1. The Morgan fingerprint density at radius 3 is 2.86 bits per heavy atom. The Morgan fingerprint density at radius 1 is 1.23 bits per heavy atom. The summed E-state index contributed by atoms with van der Waals surface area (Å²) < 4.78 is 12.8. The van der Waals surface area contributed by atoms with Gasteiger partial charge < -0.3 is 18.8 Å².